The third kappa shape index (κ3) is 6.15. The van der Waals surface area contributed by atoms with Crippen LogP contribution in [0.25, 0.3) is 10.1 Å². The second-order valence-corrected chi connectivity index (χ2v) is 9.95. The molecule has 0 aliphatic heterocycles. The van der Waals surface area contributed by atoms with Crippen LogP contribution >= 0.6 is 53.7 Å². The van der Waals surface area contributed by atoms with Crippen LogP contribution in [0.5, 0.6) is 0 Å². The molecule has 0 atom stereocenters. The second kappa shape index (κ2) is 9.89. The third-order valence-corrected chi connectivity index (χ3v) is 7.33. The van der Waals surface area contributed by atoms with Crippen LogP contribution in [0.2, 0.25) is 10.0 Å². The van der Waals surface area contributed by atoms with Crippen molar-refractivity contribution in [2.75, 3.05) is 5.09 Å². The number of anilines is 1. The topological polar surface area (TPSA) is 29.1 Å². The van der Waals surface area contributed by atoms with Crippen molar-refractivity contribution in [1.29, 1.82) is 0 Å². The zero-order valence-electron chi connectivity index (χ0n) is 15.0. The highest BCUT2D eigenvalue weighted by Gasteiger charge is 2.21. The van der Waals surface area contributed by atoms with E-state index in [1.807, 2.05) is 60.7 Å². The molecule has 0 bridgehead atoms. The maximum Gasteiger partial charge on any atom is 0.216 e. The fourth-order valence-corrected chi connectivity index (χ4v) is 5.82. The minimum Gasteiger partial charge on any atom is -0.329 e. The van der Waals surface area contributed by atoms with Crippen molar-refractivity contribution in [2.45, 2.75) is 0 Å². The molecule has 0 radical (unpaired) electrons. The largest absolute Gasteiger partial charge is 0.329 e. The molecule has 0 spiro atoms. The Morgan fingerprint density at radius 3 is 1.72 bits per heavy atom. The Balaban J connectivity index is 2.07. The number of hydrogen-bond donors (Lipinski definition) is 1. The number of hydrogen-bond acceptors (Lipinski definition) is 1. The zero-order valence-corrected chi connectivity index (χ0v) is 18.9. The van der Waals surface area contributed by atoms with Gasteiger partial charge in [0.05, 0.1) is 20.8 Å². The maximum atomic E-state index is 13.9. The average Bonchev–Trinajstić information content (AvgIpc) is 2.72. The summed E-state index contributed by atoms with van der Waals surface area (Å²) in [5.74, 6) is 2.93. The van der Waals surface area contributed by atoms with Gasteiger partial charge in [-0.15, -0.1) is 0 Å². The lowest BCUT2D eigenvalue weighted by Crippen LogP contribution is -1.95. The predicted octanol–water partition coefficient (Wildman–Crippen LogP) is 9.16. The molecule has 0 aliphatic rings. The van der Waals surface area contributed by atoms with E-state index in [0.29, 0.717) is 25.8 Å². The lowest BCUT2D eigenvalue weighted by molar-refractivity contribution is 0.589. The molecule has 0 amide bonds. The van der Waals surface area contributed by atoms with Gasteiger partial charge < -0.3 is 5.09 Å². The first kappa shape index (κ1) is 22.0. The van der Waals surface area contributed by atoms with E-state index in [1.165, 1.54) is 11.6 Å². The van der Waals surface area contributed by atoms with Crippen molar-refractivity contribution < 1.29 is 4.57 Å². The first-order chi connectivity index (χ1) is 13.9. The molecular formula is C22H16Cl4NOP. The van der Waals surface area contributed by atoms with E-state index in [1.54, 1.807) is 18.2 Å². The van der Waals surface area contributed by atoms with E-state index < -0.39 is 7.29 Å². The summed E-state index contributed by atoms with van der Waals surface area (Å²) in [4.78, 5) is 0. The van der Waals surface area contributed by atoms with Gasteiger partial charge in [0.1, 0.15) is 0 Å². The van der Waals surface area contributed by atoms with Gasteiger partial charge in [0, 0.05) is 16.7 Å². The number of nitrogens with one attached hydrogen (secondary N) is 1. The van der Waals surface area contributed by atoms with Crippen molar-refractivity contribution >= 4 is 69.4 Å². The van der Waals surface area contributed by atoms with Gasteiger partial charge in [0.25, 0.3) is 0 Å². The van der Waals surface area contributed by atoms with Crippen LogP contribution in [0.1, 0.15) is 11.1 Å². The Morgan fingerprint density at radius 1 is 0.759 bits per heavy atom. The fraction of sp³-hybridized carbons (Fsp3) is 0. The molecule has 2 nitrogen and oxygen atoms in total. The zero-order chi connectivity index (χ0) is 20.9. The minimum absolute atomic E-state index is 0.327. The highest BCUT2D eigenvalue weighted by molar-refractivity contribution is 7.72. The van der Waals surface area contributed by atoms with Crippen LogP contribution in [-0.4, -0.2) is 0 Å². The number of benzene rings is 3. The van der Waals surface area contributed by atoms with Gasteiger partial charge >= 0.3 is 0 Å². The molecule has 1 N–H and O–H groups in total. The molecule has 0 saturated heterocycles. The maximum absolute atomic E-state index is 13.9. The normalized spacial score (nSPS) is 14.3. The van der Waals surface area contributed by atoms with Crippen LogP contribution in [0.3, 0.4) is 0 Å². The molecule has 7 heteroatoms. The summed E-state index contributed by atoms with van der Waals surface area (Å²) in [5.41, 5.74) is 1.89. The Hall–Kier alpha value is -1.67. The van der Waals surface area contributed by atoms with Gasteiger partial charge in [-0.1, -0.05) is 107 Å². The Kier molecular flexibility index (Phi) is 7.51. The van der Waals surface area contributed by atoms with Crippen molar-refractivity contribution in [2.24, 2.45) is 0 Å². The van der Waals surface area contributed by atoms with E-state index in [9.17, 15) is 4.57 Å². The Labute approximate surface area is 190 Å². The molecule has 148 valence electrons. The van der Waals surface area contributed by atoms with Crippen LogP contribution < -0.4 is 5.09 Å². The van der Waals surface area contributed by atoms with Crippen molar-refractivity contribution in [3.63, 3.8) is 0 Å². The van der Waals surface area contributed by atoms with Gasteiger partial charge in [0.15, 0.2) is 0 Å². The van der Waals surface area contributed by atoms with Crippen LogP contribution in [-0.2, 0) is 4.57 Å². The van der Waals surface area contributed by atoms with Crippen molar-refractivity contribution in [3.05, 3.63) is 112 Å². The summed E-state index contributed by atoms with van der Waals surface area (Å²) >= 11 is 25.3. The van der Waals surface area contributed by atoms with E-state index >= 15 is 0 Å². The van der Waals surface area contributed by atoms with E-state index in [-0.39, 0.29) is 0 Å². The smallest absolute Gasteiger partial charge is 0.216 e. The Morgan fingerprint density at radius 2 is 1.24 bits per heavy atom. The standard InChI is InChI=1S/C22H16Cl4NOP/c23-18-11-12-19(24)22(13-18)27-29(28,14-20(25)16-7-3-1-4-8-16)15-21(26)17-9-5-2-6-10-17/h1-15H,(H,27,28). The minimum atomic E-state index is -3.41. The summed E-state index contributed by atoms with van der Waals surface area (Å²) in [6.07, 6.45) is 0. The highest BCUT2D eigenvalue weighted by atomic mass is 35.5. The molecule has 3 aromatic carbocycles. The van der Waals surface area contributed by atoms with Crippen molar-refractivity contribution in [3.8, 4) is 0 Å². The first-order valence-corrected chi connectivity index (χ1v) is 11.9. The molecular weight excluding hydrogens is 467 g/mol. The number of rotatable bonds is 6. The SMILES string of the molecule is O=P(C=C(Cl)c1ccccc1)(C=C(Cl)c1ccccc1)Nc1cc(Cl)ccc1Cl. The molecule has 0 saturated carbocycles. The summed E-state index contributed by atoms with van der Waals surface area (Å²) in [7, 11) is -3.41. The van der Waals surface area contributed by atoms with Gasteiger partial charge in [-0.25, -0.2) is 0 Å². The van der Waals surface area contributed by atoms with Gasteiger partial charge in [0.2, 0.25) is 7.29 Å². The van der Waals surface area contributed by atoms with Gasteiger partial charge in [-0.3, -0.25) is 4.57 Å². The average molecular weight is 483 g/mol. The molecule has 0 aromatic heterocycles. The molecule has 0 aliphatic carbocycles. The Bertz CT molecular complexity index is 1040. The first-order valence-electron chi connectivity index (χ1n) is 8.57. The summed E-state index contributed by atoms with van der Waals surface area (Å²) in [5, 5.41) is 4.47. The quantitative estimate of drug-likeness (QED) is 0.355. The summed E-state index contributed by atoms with van der Waals surface area (Å²) in [6, 6.07) is 23.4. The van der Waals surface area contributed by atoms with E-state index in [4.69, 9.17) is 46.4 Å². The lowest BCUT2D eigenvalue weighted by atomic mass is 10.2. The highest BCUT2D eigenvalue weighted by Crippen LogP contribution is 2.54. The summed E-state index contributed by atoms with van der Waals surface area (Å²) in [6.45, 7) is 0. The van der Waals surface area contributed by atoms with Gasteiger partial charge in [-0.2, -0.15) is 0 Å². The molecule has 29 heavy (non-hydrogen) atoms. The monoisotopic (exact) mass is 481 g/mol. The lowest BCUT2D eigenvalue weighted by Gasteiger charge is -2.17. The molecule has 3 rings (SSSR count). The molecule has 3 aromatic rings. The molecule has 0 heterocycles. The van der Waals surface area contributed by atoms with Crippen LogP contribution in [0.4, 0.5) is 5.69 Å². The second-order valence-electron chi connectivity index (χ2n) is 6.13. The molecule has 0 unspecified atom stereocenters. The van der Waals surface area contributed by atoms with E-state index in [0.717, 1.165) is 11.1 Å². The van der Waals surface area contributed by atoms with Gasteiger partial charge in [-0.05, 0) is 29.3 Å². The van der Waals surface area contributed by atoms with Crippen LogP contribution in [0, 0.1) is 0 Å². The molecule has 0 fully saturated rings. The summed E-state index contributed by atoms with van der Waals surface area (Å²) < 4.78 is 13.9. The van der Waals surface area contributed by atoms with E-state index in [2.05, 4.69) is 5.09 Å². The van der Waals surface area contributed by atoms with Crippen molar-refractivity contribution in [1.82, 2.24) is 0 Å². The van der Waals surface area contributed by atoms with Crippen LogP contribution in [0.15, 0.2) is 90.5 Å². The predicted molar refractivity (Wildman–Crippen MR) is 128 cm³/mol. The third-order valence-electron chi connectivity index (χ3n) is 3.93. The fourth-order valence-electron chi connectivity index (χ4n) is 2.55. The number of halogens is 4.